The van der Waals surface area contributed by atoms with Gasteiger partial charge in [0, 0.05) is 11.6 Å². The molecule has 1 amide bonds. The Labute approximate surface area is 141 Å². The van der Waals surface area contributed by atoms with E-state index < -0.39 is 5.82 Å². The van der Waals surface area contributed by atoms with Crippen molar-refractivity contribution in [3.8, 4) is 5.75 Å². The molecule has 1 saturated heterocycles. The summed E-state index contributed by atoms with van der Waals surface area (Å²) in [4.78, 5) is 15.7. The average Bonchev–Trinajstić information content (AvgIpc) is 2.62. The molecular formula is C19H22FN2O2+. The molecule has 1 aliphatic heterocycles. The van der Waals surface area contributed by atoms with Crippen LogP contribution >= 0.6 is 0 Å². The number of halogens is 1. The van der Waals surface area contributed by atoms with Crippen molar-refractivity contribution in [1.29, 1.82) is 0 Å². The first kappa shape index (κ1) is 16.5. The summed E-state index contributed by atoms with van der Waals surface area (Å²) in [5.74, 6) is -0.353. The Morgan fingerprint density at radius 1 is 1.17 bits per heavy atom. The van der Waals surface area contributed by atoms with Gasteiger partial charge >= 0.3 is 0 Å². The zero-order chi connectivity index (χ0) is 16.9. The van der Waals surface area contributed by atoms with E-state index in [9.17, 15) is 9.18 Å². The number of hydrogen-bond donors (Lipinski definition) is 1. The molecule has 0 radical (unpaired) electrons. The zero-order valence-electron chi connectivity index (χ0n) is 13.8. The summed E-state index contributed by atoms with van der Waals surface area (Å²) in [6.45, 7) is 4.00. The number of hydrogen-bond acceptors (Lipinski definition) is 2. The van der Waals surface area contributed by atoms with Gasteiger partial charge in [0.2, 0.25) is 0 Å². The van der Waals surface area contributed by atoms with E-state index in [1.807, 2.05) is 18.2 Å². The molecule has 3 rings (SSSR count). The Morgan fingerprint density at radius 2 is 1.88 bits per heavy atom. The molecule has 5 heteroatoms. The van der Waals surface area contributed by atoms with Gasteiger partial charge in [0.05, 0.1) is 38.9 Å². The van der Waals surface area contributed by atoms with Gasteiger partial charge < -0.3 is 14.5 Å². The highest BCUT2D eigenvalue weighted by atomic mass is 19.1. The molecular weight excluding hydrogens is 307 g/mol. The maximum Gasteiger partial charge on any atom is 0.257 e. The van der Waals surface area contributed by atoms with E-state index in [0.717, 1.165) is 19.6 Å². The van der Waals surface area contributed by atoms with E-state index in [2.05, 4.69) is 12.1 Å². The predicted molar refractivity (Wildman–Crippen MR) is 89.7 cm³/mol. The first-order chi connectivity index (χ1) is 11.7. The van der Waals surface area contributed by atoms with Crippen molar-refractivity contribution >= 4 is 5.91 Å². The quantitative estimate of drug-likeness (QED) is 0.919. The topological polar surface area (TPSA) is 34.0 Å². The van der Waals surface area contributed by atoms with Gasteiger partial charge in [-0.1, -0.05) is 30.3 Å². The highest BCUT2D eigenvalue weighted by Gasteiger charge is 2.26. The lowest BCUT2D eigenvalue weighted by molar-refractivity contribution is -0.917. The number of ether oxygens (including phenoxy) is 1. The third-order valence-electron chi connectivity index (χ3n) is 4.46. The highest BCUT2D eigenvalue weighted by Crippen LogP contribution is 2.17. The normalized spacial score (nSPS) is 15.3. The van der Waals surface area contributed by atoms with Crippen LogP contribution in [-0.2, 0) is 6.54 Å². The molecule has 1 aliphatic rings. The van der Waals surface area contributed by atoms with Crippen LogP contribution in [-0.4, -0.2) is 44.1 Å². The van der Waals surface area contributed by atoms with Gasteiger partial charge in [0.25, 0.3) is 5.91 Å². The fourth-order valence-corrected chi connectivity index (χ4v) is 3.05. The second kappa shape index (κ2) is 7.45. The summed E-state index contributed by atoms with van der Waals surface area (Å²) in [5.41, 5.74) is 1.41. The van der Waals surface area contributed by atoms with Crippen LogP contribution in [0.4, 0.5) is 4.39 Å². The molecule has 4 nitrogen and oxygen atoms in total. The first-order valence-electron chi connectivity index (χ1n) is 8.17. The van der Waals surface area contributed by atoms with Crippen LogP contribution in [0.2, 0.25) is 0 Å². The third-order valence-corrected chi connectivity index (χ3v) is 4.46. The van der Waals surface area contributed by atoms with Crippen molar-refractivity contribution in [1.82, 2.24) is 4.90 Å². The van der Waals surface area contributed by atoms with E-state index >= 15 is 0 Å². The number of quaternary nitrogens is 1. The number of nitrogens with zero attached hydrogens (tertiary/aromatic N) is 1. The van der Waals surface area contributed by atoms with Crippen LogP contribution in [0.25, 0.3) is 0 Å². The molecule has 2 aromatic carbocycles. The second-order valence-corrected chi connectivity index (χ2v) is 6.05. The average molecular weight is 329 g/mol. The lowest BCUT2D eigenvalue weighted by Gasteiger charge is -2.32. The van der Waals surface area contributed by atoms with Crippen LogP contribution in [0, 0.1) is 5.82 Å². The Bertz CT molecular complexity index is 698. The standard InChI is InChI=1S/C19H21FN2O2/c1-24-16-7-8-17(18(20)13-16)19(23)22-11-9-21(10-12-22)14-15-5-3-2-4-6-15/h2-8,13H,9-12,14H2,1H3/p+1. The molecule has 126 valence electrons. The van der Waals surface area contributed by atoms with Crippen molar-refractivity contribution in [2.75, 3.05) is 33.3 Å². The van der Waals surface area contributed by atoms with Crippen molar-refractivity contribution in [3.63, 3.8) is 0 Å². The van der Waals surface area contributed by atoms with Gasteiger partial charge in [-0.25, -0.2) is 4.39 Å². The summed E-state index contributed by atoms with van der Waals surface area (Å²) < 4.78 is 19.1. The molecule has 1 N–H and O–H groups in total. The molecule has 2 aromatic rings. The summed E-state index contributed by atoms with van der Waals surface area (Å²) in [6, 6.07) is 14.7. The maximum absolute atomic E-state index is 14.1. The Balaban J connectivity index is 1.59. The van der Waals surface area contributed by atoms with Crippen molar-refractivity contribution in [3.05, 3.63) is 65.5 Å². The van der Waals surface area contributed by atoms with Crippen LogP contribution in [0.1, 0.15) is 15.9 Å². The number of piperazine rings is 1. The fourth-order valence-electron chi connectivity index (χ4n) is 3.05. The summed E-state index contributed by atoms with van der Waals surface area (Å²) in [6.07, 6.45) is 0. The summed E-state index contributed by atoms with van der Waals surface area (Å²) >= 11 is 0. The van der Waals surface area contributed by atoms with Gasteiger partial charge in [0.1, 0.15) is 18.1 Å². The van der Waals surface area contributed by atoms with Gasteiger partial charge in [0.15, 0.2) is 0 Å². The number of rotatable bonds is 4. The van der Waals surface area contributed by atoms with Gasteiger partial charge in [-0.2, -0.15) is 0 Å². The molecule has 0 aliphatic carbocycles. The van der Waals surface area contributed by atoms with E-state index in [0.29, 0.717) is 18.8 Å². The molecule has 0 aromatic heterocycles. The van der Waals surface area contributed by atoms with E-state index in [1.165, 1.54) is 29.7 Å². The van der Waals surface area contributed by atoms with Crippen LogP contribution in [0.3, 0.4) is 0 Å². The second-order valence-electron chi connectivity index (χ2n) is 6.05. The highest BCUT2D eigenvalue weighted by molar-refractivity contribution is 5.94. The van der Waals surface area contributed by atoms with Gasteiger partial charge in [-0.05, 0) is 12.1 Å². The lowest BCUT2D eigenvalue weighted by Crippen LogP contribution is -3.13. The molecule has 1 fully saturated rings. The van der Waals surface area contributed by atoms with E-state index in [1.54, 1.807) is 11.0 Å². The minimum Gasteiger partial charge on any atom is -0.497 e. The summed E-state index contributed by atoms with van der Waals surface area (Å²) in [5, 5.41) is 0. The SMILES string of the molecule is COc1ccc(C(=O)N2CC[NH+](Cc3ccccc3)CC2)c(F)c1. The van der Waals surface area contributed by atoms with E-state index in [4.69, 9.17) is 4.74 Å². The van der Waals surface area contributed by atoms with Gasteiger partial charge in [-0.15, -0.1) is 0 Å². The number of nitrogens with one attached hydrogen (secondary N) is 1. The zero-order valence-corrected chi connectivity index (χ0v) is 13.8. The fraction of sp³-hybridized carbons (Fsp3) is 0.316. The Kier molecular flexibility index (Phi) is 5.11. The molecule has 24 heavy (non-hydrogen) atoms. The molecule has 0 atom stereocenters. The lowest BCUT2D eigenvalue weighted by atomic mass is 10.1. The van der Waals surface area contributed by atoms with Crippen molar-refractivity contribution < 1.29 is 18.8 Å². The Morgan fingerprint density at radius 3 is 2.50 bits per heavy atom. The smallest absolute Gasteiger partial charge is 0.257 e. The van der Waals surface area contributed by atoms with Crippen LogP contribution < -0.4 is 9.64 Å². The van der Waals surface area contributed by atoms with Crippen molar-refractivity contribution in [2.45, 2.75) is 6.54 Å². The minimum absolute atomic E-state index is 0.113. The number of carbonyl (C=O) groups is 1. The van der Waals surface area contributed by atoms with Crippen LogP contribution in [0.15, 0.2) is 48.5 Å². The summed E-state index contributed by atoms with van der Waals surface area (Å²) in [7, 11) is 1.48. The third kappa shape index (κ3) is 3.74. The first-order valence-corrected chi connectivity index (χ1v) is 8.17. The molecule has 0 saturated carbocycles. The minimum atomic E-state index is -0.529. The monoisotopic (exact) mass is 329 g/mol. The number of benzene rings is 2. The maximum atomic E-state index is 14.1. The number of methoxy groups -OCH3 is 1. The number of amides is 1. The molecule has 0 bridgehead atoms. The molecule has 1 heterocycles. The molecule has 0 spiro atoms. The predicted octanol–water partition coefficient (Wildman–Crippen LogP) is 1.38. The van der Waals surface area contributed by atoms with Gasteiger partial charge in [-0.3, -0.25) is 4.79 Å². The molecule has 0 unspecified atom stereocenters. The van der Waals surface area contributed by atoms with Crippen LogP contribution in [0.5, 0.6) is 5.75 Å². The largest absolute Gasteiger partial charge is 0.497 e. The van der Waals surface area contributed by atoms with Crippen molar-refractivity contribution in [2.24, 2.45) is 0 Å². The Hall–Kier alpha value is -2.40. The number of carbonyl (C=O) groups excluding carboxylic acids is 1. The van der Waals surface area contributed by atoms with E-state index in [-0.39, 0.29) is 11.5 Å².